The lowest BCUT2D eigenvalue weighted by atomic mass is 10.5. The fraction of sp³-hybridized carbons (Fsp3) is 0.909. The Kier molecular flexibility index (Phi) is 8.72. The van der Waals surface area contributed by atoms with E-state index < -0.39 is 5.69 Å². The molecule has 108 valence electrons. The van der Waals surface area contributed by atoms with Gasteiger partial charge >= 0.3 is 5.97 Å². The first-order chi connectivity index (χ1) is 8.20. The van der Waals surface area contributed by atoms with Gasteiger partial charge in [0.25, 0.3) is 0 Å². The molecular weight excluding hydrogens is 291 g/mol. The second-order valence-corrected chi connectivity index (χ2v) is 10.7. The molecular formula is C11H23O4PS2. The van der Waals surface area contributed by atoms with E-state index in [2.05, 4.69) is 0 Å². The maximum atomic E-state index is 11.6. The highest BCUT2D eigenvalue weighted by Crippen LogP contribution is 2.64. The van der Waals surface area contributed by atoms with Gasteiger partial charge in [-0.25, -0.2) is 0 Å². The van der Waals surface area contributed by atoms with Gasteiger partial charge in [-0.1, -0.05) is 11.4 Å². The first-order valence-corrected chi connectivity index (χ1v) is 10.1. The number of carbonyl (C=O) groups excluding carboxylic acids is 1. The van der Waals surface area contributed by atoms with Crippen molar-refractivity contribution in [3.8, 4) is 0 Å². The van der Waals surface area contributed by atoms with Crippen molar-refractivity contribution in [3.05, 3.63) is 0 Å². The third-order valence-electron chi connectivity index (χ3n) is 1.59. The summed E-state index contributed by atoms with van der Waals surface area (Å²) in [6, 6.07) is 0. The minimum Gasteiger partial charge on any atom is -0.465 e. The average molecular weight is 314 g/mol. The summed E-state index contributed by atoms with van der Waals surface area (Å²) in [5.74, 6) is -0.281. The molecule has 0 aromatic carbocycles. The second-order valence-electron chi connectivity index (χ2n) is 4.26. The van der Waals surface area contributed by atoms with Crippen LogP contribution in [0.25, 0.3) is 0 Å². The van der Waals surface area contributed by atoms with Crippen LogP contribution in [0.15, 0.2) is 0 Å². The highest BCUT2D eigenvalue weighted by atomic mass is 32.9. The zero-order valence-electron chi connectivity index (χ0n) is 11.8. The Morgan fingerprint density at radius 3 is 1.94 bits per heavy atom. The van der Waals surface area contributed by atoms with Crippen molar-refractivity contribution >= 4 is 34.9 Å². The zero-order chi connectivity index (χ0) is 14.3. The van der Waals surface area contributed by atoms with Crippen molar-refractivity contribution in [2.75, 3.05) is 6.61 Å². The molecule has 4 nitrogen and oxygen atoms in total. The largest absolute Gasteiger partial charge is 0.465 e. The lowest BCUT2D eigenvalue weighted by Crippen LogP contribution is -2.18. The zero-order valence-corrected chi connectivity index (χ0v) is 14.4. The third-order valence-corrected chi connectivity index (χ3v) is 7.24. The Hall–Kier alpha value is 0.390. The Morgan fingerprint density at radius 1 is 1.17 bits per heavy atom. The monoisotopic (exact) mass is 314 g/mol. The second kappa shape index (κ2) is 8.54. The third kappa shape index (κ3) is 7.74. The van der Waals surface area contributed by atoms with Crippen LogP contribution in [-0.4, -0.2) is 30.0 Å². The quantitative estimate of drug-likeness (QED) is 0.502. The van der Waals surface area contributed by atoms with Crippen LogP contribution in [0.4, 0.5) is 0 Å². The lowest BCUT2D eigenvalue weighted by molar-refractivity contribution is -0.142. The van der Waals surface area contributed by atoms with Gasteiger partial charge in [0.2, 0.25) is 5.69 Å². The van der Waals surface area contributed by atoms with Crippen LogP contribution in [0, 0.1) is 0 Å². The van der Waals surface area contributed by atoms with Crippen molar-refractivity contribution in [1.29, 1.82) is 0 Å². The standard InChI is InChI=1S/C11H23O4PS2/c1-7-13-11(12)10(6)18-16(17,14-8(2)3)15-9(4)5/h8-10H,7H2,1-6H3. The number of ether oxygens (including phenoxy) is 1. The molecule has 0 aliphatic carbocycles. The van der Waals surface area contributed by atoms with Gasteiger partial charge in [-0.3, -0.25) is 4.79 Å². The van der Waals surface area contributed by atoms with E-state index in [0.29, 0.717) is 6.61 Å². The smallest absolute Gasteiger partial charge is 0.319 e. The fourth-order valence-corrected chi connectivity index (χ4v) is 7.76. The molecule has 1 unspecified atom stereocenters. The molecule has 0 rings (SSSR count). The summed E-state index contributed by atoms with van der Waals surface area (Å²) in [4.78, 5) is 11.6. The Labute approximate surface area is 119 Å². The van der Waals surface area contributed by atoms with E-state index in [1.165, 1.54) is 11.4 Å². The van der Waals surface area contributed by atoms with E-state index in [9.17, 15) is 4.79 Å². The predicted octanol–water partition coefficient (Wildman–Crippen LogP) is 3.75. The number of rotatable bonds is 8. The summed E-state index contributed by atoms with van der Waals surface area (Å²) in [6.07, 6.45) is -0.0621. The molecule has 1 atom stereocenters. The Morgan fingerprint density at radius 2 is 1.61 bits per heavy atom. The molecule has 0 saturated carbocycles. The molecule has 0 amide bonds. The van der Waals surface area contributed by atoms with Crippen LogP contribution < -0.4 is 0 Å². The highest BCUT2D eigenvalue weighted by Gasteiger charge is 2.30. The Balaban J connectivity index is 4.68. The molecule has 0 aromatic heterocycles. The van der Waals surface area contributed by atoms with E-state index in [-0.39, 0.29) is 23.4 Å². The van der Waals surface area contributed by atoms with E-state index in [1.54, 1.807) is 13.8 Å². The molecule has 0 aliphatic heterocycles. The number of hydrogen-bond donors (Lipinski definition) is 0. The maximum Gasteiger partial charge on any atom is 0.319 e. The van der Waals surface area contributed by atoms with Gasteiger partial charge in [-0.05, 0) is 53.3 Å². The van der Waals surface area contributed by atoms with Gasteiger partial charge < -0.3 is 13.8 Å². The van der Waals surface area contributed by atoms with Gasteiger partial charge in [0.05, 0.1) is 18.8 Å². The van der Waals surface area contributed by atoms with Gasteiger partial charge in [-0.15, -0.1) is 0 Å². The summed E-state index contributed by atoms with van der Waals surface area (Å²) < 4.78 is 16.4. The van der Waals surface area contributed by atoms with Crippen LogP contribution in [0.2, 0.25) is 0 Å². The van der Waals surface area contributed by atoms with Crippen molar-refractivity contribution in [2.24, 2.45) is 0 Å². The summed E-state index contributed by atoms with van der Waals surface area (Å²) in [5, 5.41) is -0.381. The first kappa shape index (κ1) is 18.4. The minimum absolute atomic E-state index is 0.0310. The van der Waals surface area contributed by atoms with Crippen molar-refractivity contribution < 1.29 is 18.6 Å². The highest BCUT2D eigenvalue weighted by molar-refractivity contribution is 8.68. The van der Waals surface area contributed by atoms with E-state index in [0.717, 1.165) is 0 Å². The molecule has 0 bridgehead atoms. The van der Waals surface area contributed by atoms with Crippen molar-refractivity contribution in [3.63, 3.8) is 0 Å². The van der Waals surface area contributed by atoms with Crippen molar-refractivity contribution in [1.82, 2.24) is 0 Å². The van der Waals surface area contributed by atoms with Crippen LogP contribution >= 0.6 is 17.1 Å². The topological polar surface area (TPSA) is 44.8 Å². The molecule has 0 spiro atoms. The molecule has 0 N–H and O–H groups in total. The fourth-order valence-electron chi connectivity index (χ4n) is 1.09. The van der Waals surface area contributed by atoms with Gasteiger partial charge in [-0.2, -0.15) is 0 Å². The predicted molar refractivity (Wildman–Crippen MR) is 80.4 cm³/mol. The maximum absolute atomic E-state index is 11.6. The van der Waals surface area contributed by atoms with Gasteiger partial charge in [0.1, 0.15) is 5.25 Å². The summed E-state index contributed by atoms with van der Waals surface area (Å²) >= 11 is 6.71. The molecule has 7 heteroatoms. The number of hydrogen-bond acceptors (Lipinski definition) is 6. The minimum atomic E-state index is -2.52. The average Bonchev–Trinajstić information content (AvgIpc) is 2.14. The summed E-state index contributed by atoms with van der Waals surface area (Å²) in [7, 11) is 0. The molecule has 18 heavy (non-hydrogen) atoms. The van der Waals surface area contributed by atoms with Crippen LogP contribution in [0.1, 0.15) is 41.5 Å². The Bertz CT molecular complexity index is 293. The van der Waals surface area contributed by atoms with Crippen LogP contribution in [-0.2, 0) is 30.4 Å². The molecule has 0 aliphatic rings. The summed E-state index contributed by atoms with van der Waals surface area (Å²) in [5.41, 5.74) is -2.52. The molecule has 0 heterocycles. The van der Waals surface area contributed by atoms with Gasteiger partial charge in [0.15, 0.2) is 0 Å². The molecule has 0 radical (unpaired) electrons. The lowest BCUT2D eigenvalue weighted by Gasteiger charge is -2.27. The first-order valence-electron chi connectivity index (χ1n) is 6.02. The molecule has 0 aromatic rings. The SMILES string of the molecule is CCOC(=O)C(C)SP(=S)(OC(C)C)OC(C)C. The normalized spacial score (nSPS) is 14.0. The molecule has 0 fully saturated rings. The van der Waals surface area contributed by atoms with Crippen molar-refractivity contribution in [2.45, 2.75) is 59.0 Å². The molecule has 0 saturated heterocycles. The van der Waals surface area contributed by atoms with Gasteiger partial charge in [0, 0.05) is 0 Å². The van der Waals surface area contributed by atoms with E-state index in [4.69, 9.17) is 25.6 Å². The van der Waals surface area contributed by atoms with Crippen LogP contribution in [0.5, 0.6) is 0 Å². The van der Waals surface area contributed by atoms with E-state index in [1.807, 2.05) is 27.7 Å². The summed E-state index contributed by atoms with van der Waals surface area (Å²) in [6.45, 7) is 11.5. The number of carbonyl (C=O) groups is 1. The number of esters is 1. The van der Waals surface area contributed by atoms with E-state index >= 15 is 0 Å². The van der Waals surface area contributed by atoms with Crippen LogP contribution in [0.3, 0.4) is 0 Å².